The summed E-state index contributed by atoms with van der Waals surface area (Å²) in [6.07, 6.45) is 1.86. The Hall–Kier alpha value is -0.180. The molecule has 0 saturated heterocycles. The fourth-order valence-electron chi connectivity index (χ4n) is 1.55. The van der Waals surface area contributed by atoms with E-state index in [4.69, 9.17) is 0 Å². The van der Waals surface area contributed by atoms with Gasteiger partial charge in [-0.1, -0.05) is 22.6 Å². The van der Waals surface area contributed by atoms with Crippen LogP contribution >= 0.6 is 45.2 Å². The third-order valence-corrected chi connectivity index (χ3v) is 3.65. The smallest absolute Gasteiger partial charge is 0.139 e. The molecule has 0 radical (unpaired) electrons. The lowest BCUT2D eigenvalue weighted by atomic mass is 10.2. The van der Waals surface area contributed by atoms with Gasteiger partial charge in [0, 0.05) is 15.5 Å². The van der Waals surface area contributed by atoms with Crippen LogP contribution in [0.25, 0.3) is 10.9 Å². The molecule has 1 heterocycles. The van der Waals surface area contributed by atoms with E-state index < -0.39 is 0 Å². The molecule has 0 aliphatic heterocycles. The van der Waals surface area contributed by atoms with Crippen LogP contribution in [0.1, 0.15) is 6.92 Å². The maximum Gasteiger partial charge on any atom is 0.139 e. The first-order chi connectivity index (χ1) is 7.76. The van der Waals surface area contributed by atoms with Crippen molar-refractivity contribution in [2.24, 2.45) is 4.99 Å². The molecule has 2 rings (SSSR count). The highest BCUT2D eigenvalue weighted by atomic mass is 127. The Kier molecular flexibility index (Phi) is 4.17. The molecule has 1 aromatic carbocycles. The van der Waals surface area contributed by atoms with Gasteiger partial charge in [0.25, 0.3) is 0 Å². The van der Waals surface area contributed by atoms with Gasteiger partial charge in [-0.05, 0) is 47.7 Å². The number of hydrogen-bond acceptors (Lipinski definition) is 2. The number of benzene rings is 1. The zero-order valence-electron chi connectivity index (χ0n) is 8.82. The van der Waals surface area contributed by atoms with Crippen molar-refractivity contribution in [3.63, 3.8) is 0 Å². The summed E-state index contributed by atoms with van der Waals surface area (Å²) in [7, 11) is 0. The zero-order valence-corrected chi connectivity index (χ0v) is 13.1. The Morgan fingerprint density at radius 2 is 2.25 bits per heavy atom. The number of aromatic nitrogens is 2. The van der Waals surface area contributed by atoms with E-state index in [1.54, 1.807) is 0 Å². The number of alkyl halides is 1. The van der Waals surface area contributed by atoms with Crippen molar-refractivity contribution in [3.05, 3.63) is 33.6 Å². The summed E-state index contributed by atoms with van der Waals surface area (Å²) < 4.78 is 4.15. The maximum atomic E-state index is 4.56. The van der Waals surface area contributed by atoms with Gasteiger partial charge < -0.3 is 4.57 Å². The average Bonchev–Trinajstić information content (AvgIpc) is 2.30. The topological polar surface area (TPSA) is 30.2 Å². The van der Waals surface area contributed by atoms with E-state index in [0.717, 1.165) is 27.5 Å². The second-order valence-corrected chi connectivity index (χ2v) is 5.22. The number of fused-ring (bicyclic) bond motifs is 1. The summed E-state index contributed by atoms with van der Waals surface area (Å²) in [6, 6.07) is 6.25. The van der Waals surface area contributed by atoms with Crippen LogP contribution in [0.4, 0.5) is 0 Å². The van der Waals surface area contributed by atoms with Gasteiger partial charge in [0.05, 0.1) is 16.4 Å². The standard InChI is InChI=1S/C11H11I2N3/c1-2-14-11-9-5-8(13)3-4-10(9)15-7-16(11)6-12/h3-5,7H,2,6H2,1H3. The third-order valence-electron chi connectivity index (χ3n) is 2.24. The van der Waals surface area contributed by atoms with E-state index >= 15 is 0 Å². The van der Waals surface area contributed by atoms with Crippen LogP contribution in [-0.4, -0.2) is 16.1 Å². The highest BCUT2D eigenvalue weighted by molar-refractivity contribution is 14.1. The highest BCUT2D eigenvalue weighted by Crippen LogP contribution is 2.12. The number of halogens is 2. The highest BCUT2D eigenvalue weighted by Gasteiger charge is 2.01. The molecule has 16 heavy (non-hydrogen) atoms. The minimum absolute atomic E-state index is 0.793. The molecule has 0 unspecified atom stereocenters. The number of nitrogens with zero attached hydrogens (tertiary/aromatic N) is 3. The van der Waals surface area contributed by atoms with Gasteiger partial charge in [0.15, 0.2) is 0 Å². The Morgan fingerprint density at radius 3 is 2.94 bits per heavy atom. The van der Waals surface area contributed by atoms with Gasteiger partial charge in [-0.3, -0.25) is 4.99 Å². The van der Waals surface area contributed by atoms with Crippen LogP contribution < -0.4 is 5.49 Å². The van der Waals surface area contributed by atoms with Gasteiger partial charge in [0.1, 0.15) is 5.49 Å². The largest absolute Gasteiger partial charge is 0.307 e. The van der Waals surface area contributed by atoms with E-state index in [9.17, 15) is 0 Å². The molecule has 0 saturated carbocycles. The van der Waals surface area contributed by atoms with Gasteiger partial charge in [-0.15, -0.1) is 0 Å². The van der Waals surface area contributed by atoms with E-state index in [1.165, 1.54) is 3.57 Å². The monoisotopic (exact) mass is 439 g/mol. The first kappa shape index (κ1) is 12.3. The predicted octanol–water partition coefficient (Wildman–Crippen LogP) is 2.95. The Bertz CT molecular complexity index is 575. The summed E-state index contributed by atoms with van der Waals surface area (Å²) in [5.41, 5.74) is 2.04. The quantitative estimate of drug-likeness (QED) is 0.523. The van der Waals surface area contributed by atoms with Crippen molar-refractivity contribution in [1.29, 1.82) is 0 Å². The number of rotatable bonds is 2. The van der Waals surface area contributed by atoms with Crippen molar-refractivity contribution in [2.75, 3.05) is 6.54 Å². The third kappa shape index (κ3) is 2.39. The van der Waals surface area contributed by atoms with E-state index in [2.05, 4.69) is 78.8 Å². The molecule has 0 aliphatic carbocycles. The first-order valence-electron chi connectivity index (χ1n) is 4.97. The van der Waals surface area contributed by atoms with E-state index in [-0.39, 0.29) is 0 Å². The molecule has 0 spiro atoms. The van der Waals surface area contributed by atoms with Crippen LogP contribution in [-0.2, 0) is 4.55 Å². The van der Waals surface area contributed by atoms with Crippen LogP contribution in [0.2, 0.25) is 0 Å². The number of hydrogen-bond donors (Lipinski definition) is 0. The minimum atomic E-state index is 0.793. The maximum absolute atomic E-state index is 4.56. The summed E-state index contributed by atoms with van der Waals surface area (Å²) in [5.74, 6) is 0. The van der Waals surface area contributed by atoms with Crippen molar-refractivity contribution in [2.45, 2.75) is 11.5 Å². The molecule has 2 aromatic rings. The molecule has 0 atom stereocenters. The average molecular weight is 439 g/mol. The fourth-order valence-corrected chi connectivity index (χ4v) is 2.54. The fraction of sp³-hybridized carbons (Fsp3) is 0.273. The Balaban J connectivity index is 2.87. The van der Waals surface area contributed by atoms with E-state index in [0.29, 0.717) is 0 Å². The summed E-state index contributed by atoms with van der Waals surface area (Å²) in [6.45, 7) is 2.85. The molecule has 1 aromatic heterocycles. The Labute approximate surface area is 121 Å². The predicted molar refractivity (Wildman–Crippen MR) is 82.6 cm³/mol. The van der Waals surface area contributed by atoms with E-state index in [1.807, 2.05) is 12.4 Å². The van der Waals surface area contributed by atoms with Gasteiger partial charge in [-0.25, -0.2) is 4.98 Å². The van der Waals surface area contributed by atoms with Gasteiger partial charge in [-0.2, -0.15) is 0 Å². The van der Waals surface area contributed by atoms with Crippen LogP contribution in [0.15, 0.2) is 29.5 Å². The SMILES string of the molecule is CCN=c1c2cc(I)ccc2ncn1CI. The minimum Gasteiger partial charge on any atom is -0.307 e. The second kappa shape index (κ2) is 5.44. The molecular formula is C11H11I2N3. The summed E-state index contributed by atoms with van der Waals surface area (Å²) in [4.78, 5) is 8.99. The lowest BCUT2D eigenvalue weighted by Crippen LogP contribution is -2.21. The molecule has 3 nitrogen and oxygen atoms in total. The van der Waals surface area contributed by atoms with Gasteiger partial charge in [0.2, 0.25) is 0 Å². The van der Waals surface area contributed by atoms with Crippen LogP contribution in [0.3, 0.4) is 0 Å². The lowest BCUT2D eigenvalue weighted by molar-refractivity contribution is 0.801. The molecule has 0 bridgehead atoms. The molecule has 0 fully saturated rings. The Morgan fingerprint density at radius 1 is 1.44 bits per heavy atom. The zero-order chi connectivity index (χ0) is 11.5. The lowest BCUT2D eigenvalue weighted by Gasteiger charge is -2.06. The molecule has 5 heteroatoms. The van der Waals surface area contributed by atoms with Crippen LogP contribution in [0, 0.1) is 3.57 Å². The van der Waals surface area contributed by atoms with Gasteiger partial charge >= 0.3 is 0 Å². The second-order valence-electron chi connectivity index (χ2n) is 3.29. The van der Waals surface area contributed by atoms with Crippen molar-refractivity contribution < 1.29 is 0 Å². The first-order valence-corrected chi connectivity index (χ1v) is 7.58. The van der Waals surface area contributed by atoms with Crippen molar-refractivity contribution in [3.8, 4) is 0 Å². The normalized spacial score (nSPS) is 12.3. The van der Waals surface area contributed by atoms with Crippen molar-refractivity contribution >= 4 is 56.1 Å². The van der Waals surface area contributed by atoms with Crippen molar-refractivity contribution in [1.82, 2.24) is 9.55 Å². The molecular weight excluding hydrogens is 428 g/mol. The van der Waals surface area contributed by atoms with Crippen LogP contribution in [0.5, 0.6) is 0 Å². The molecule has 0 amide bonds. The summed E-state index contributed by atoms with van der Waals surface area (Å²) >= 11 is 4.64. The molecule has 0 N–H and O–H groups in total. The summed E-state index contributed by atoms with van der Waals surface area (Å²) in [5, 5.41) is 1.13. The molecule has 84 valence electrons. The molecule has 0 aliphatic rings.